The molecule has 1 aromatic carbocycles. The summed E-state index contributed by atoms with van der Waals surface area (Å²) in [6.45, 7) is 1.87. The van der Waals surface area contributed by atoms with Crippen molar-refractivity contribution in [3.05, 3.63) is 66.4 Å². The standard InChI is InChI=1S/C17H14FN5O/c1-11(12-4-2-5-13(18)8-12)24-16-7-3-6-15-21-22-17(23(15)16)14-9-19-10-20-14/h2-11H,1H3,(H,19,20). The first-order chi connectivity index (χ1) is 11.7. The zero-order valence-electron chi connectivity index (χ0n) is 12.8. The molecule has 1 N–H and O–H groups in total. The van der Waals surface area contributed by atoms with E-state index in [2.05, 4.69) is 20.2 Å². The third kappa shape index (κ3) is 2.50. The number of benzene rings is 1. The highest BCUT2D eigenvalue weighted by molar-refractivity contribution is 5.56. The number of nitrogens with zero attached hydrogens (tertiary/aromatic N) is 4. The Bertz CT molecular complexity index is 980. The largest absolute Gasteiger partial charge is 0.471 e. The predicted octanol–water partition coefficient (Wildman–Crippen LogP) is 3.40. The summed E-state index contributed by atoms with van der Waals surface area (Å²) in [5.74, 6) is 0.881. The normalized spacial score (nSPS) is 12.4. The van der Waals surface area contributed by atoms with Crippen LogP contribution in [0.4, 0.5) is 4.39 Å². The molecular formula is C17H14FN5O. The Hall–Kier alpha value is -3.22. The number of halogens is 1. The SMILES string of the molecule is CC(Oc1cccc2nnc(-c3cnc[nH]3)n12)c1cccc(F)c1. The molecule has 0 saturated carbocycles. The average Bonchev–Trinajstić information content (AvgIpc) is 3.24. The van der Waals surface area contributed by atoms with Crippen LogP contribution in [0.1, 0.15) is 18.6 Å². The minimum absolute atomic E-state index is 0.288. The van der Waals surface area contributed by atoms with Gasteiger partial charge in [-0.1, -0.05) is 18.2 Å². The lowest BCUT2D eigenvalue weighted by atomic mass is 10.1. The summed E-state index contributed by atoms with van der Waals surface area (Å²) in [4.78, 5) is 7.03. The number of imidazole rings is 1. The smallest absolute Gasteiger partial charge is 0.201 e. The van der Waals surface area contributed by atoms with E-state index < -0.39 is 0 Å². The summed E-state index contributed by atoms with van der Waals surface area (Å²) in [7, 11) is 0. The Morgan fingerprint density at radius 2 is 2.04 bits per heavy atom. The molecule has 3 heterocycles. The minimum Gasteiger partial charge on any atom is -0.471 e. The number of hydrogen-bond donors (Lipinski definition) is 1. The maximum atomic E-state index is 13.4. The van der Waals surface area contributed by atoms with Gasteiger partial charge in [0.1, 0.15) is 17.6 Å². The van der Waals surface area contributed by atoms with Crippen LogP contribution in [0.2, 0.25) is 0 Å². The van der Waals surface area contributed by atoms with Gasteiger partial charge in [-0.2, -0.15) is 0 Å². The summed E-state index contributed by atoms with van der Waals surface area (Å²) in [6.07, 6.45) is 2.92. The van der Waals surface area contributed by atoms with E-state index in [1.54, 1.807) is 23.0 Å². The number of nitrogens with one attached hydrogen (secondary N) is 1. The molecule has 0 aliphatic rings. The van der Waals surface area contributed by atoms with Crippen LogP contribution < -0.4 is 4.74 Å². The lowest BCUT2D eigenvalue weighted by Crippen LogP contribution is -2.07. The summed E-state index contributed by atoms with van der Waals surface area (Å²) in [5, 5.41) is 8.35. The lowest BCUT2D eigenvalue weighted by Gasteiger charge is -2.16. The third-order valence-electron chi connectivity index (χ3n) is 3.75. The summed E-state index contributed by atoms with van der Waals surface area (Å²) >= 11 is 0. The number of aromatic nitrogens is 5. The number of aromatic amines is 1. The van der Waals surface area contributed by atoms with E-state index in [4.69, 9.17) is 4.74 Å². The number of fused-ring (bicyclic) bond motifs is 1. The van der Waals surface area contributed by atoms with Crippen molar-refractivity contribution in [3.8, 4) is 17.4 Å². The maximum Gasteiger partial charge on any atom is 0.201 e. The zero-order valence-corrected chi connectivity index (χ0v) is 12.8. The van der Waals surface area contributed by atoms with E-state index in [1.807, 2.05) is 31.2 Å². The molecule has 0 bridgehead atoms. The van der Waals surface area contributed by atoms with E-state index in [9.17, 15) is 4.39 Å². The molecule has 4 aromatic rings. The molecular weight excluding hydrogens is 309 g/mol. The molecule has 120 valence electrons. The van der Waals surface area contributed by atoms with Gasteiger partial charge in [0.2, 0.25) is 5.88 Å². The maximum absolute atomic E-state index is 13.4. The molecule has 0 saturated heterocycles. The highest BCUT2D eigenvalue weighted by Gasteiger charge is 2.16. The van der Waals surface area contributed by atoms with Crippen LogP contribution in [0, 0.1) is 5.82 Å². The molecule has 3 aromatic heterocycles. The van der Waals surface area contributed by atoms with Crippen molar-refractivity contribution in [2.75, 3.05) is 0 Å². The number of hydrogen-bond acceptors (Lipinski definition) is 4. The molecule has 4 rings (SSSR count). The molecule has 7 heteroatoms. The van der Waals surface area contributed by atoms with Crippen LogP contribution in [-0.4, -0.2) is 24.6 Å². The van der Waals surface area contributed by atoms with Crippen molar-refractivity contribution >= 4 is 5.65 Å². The second-order valence-electron chi connectivity index (χ2n) is 5.36. The van der Waals surface area contributed by atoms with E-state index in [-0.39, 0.29) is 11.9 Å². The number of H-pyrrole nitrogens is 1. The van der Waals surface area contributed by atoms with Gasteiger partial charge >= 0.3 is 0 Å². The van der Waals surface area contributed by atoms with Crippen LogP contribution >= 0.6 is 0 Å². The number of pyridine rings is 1. The first kappa shape index (κ1) is 14.4. The summed E-state index contributed by atoms with van der Waals surface area (Å²) in [6, 6.07) is 11.9. The Morgan fingerprint density at radius 3 is 2.83 bits per heavy atom. The van der Waals surface area contributed by atoms with Crippen molar-refractivity contribution in [3.63, 3.8) is 0 Å². The van der Waals surface area contributed by atoms with E-state index in [0.717, 1.165) is 11.3 Å². The van der Waals surface area contributed by atoms with E-state index in [0.29, 0.717) is 17.4 Å². The van der Waals surface area contributed by atoms with Crippen molar-refractivity contribution in [1.82, 2.24) is 24.6 Å². The van der Waals surface area contributed by atoms with Crippen LogP contribution in [0.3, 0.4) is 0 Å². The third-order valence-corrected chi connectivity index (χ3v) is 3.75. The van der Waals surface area contributed by atoms with Gasteiger partial charge in [0.15, 0.2) is 11.5 Å². The predicted molar refractivity (Wildman–Crippen MR) is 86.0 cm³/mol. The molecule has 1 atom stereocenters. The monoisotopic (exact) mass is 323 g/mol. The van der Waals surface area contributed by atoms with E-state index in [1.165, 1.54) is 12.1 Å². The minimum atomic E-state index is -0.330. The second-order valence-corrected chi connectivity index (χ2v) is 5.36. The van der Waals surface area contributed by atoms with Gasteiger partial charge in [0.05, 0.1) is 12.5 Å². The van der Waals surface area contributed by atoms with Crippen molar-refractivity contribution in [2.24, 2.45) is 0 Å². The van der Waals surface area contributed by atoms with Gasteiger partial charge in [-0.15, -0.1) is 10.2 Å². The molecule has 0 radical (unpaired) electrons. The van der Waals surface area contributed by atoms with Gasteiger partial charge in [-0.3, -0.25) is 0 Å². The molecule has 24 heavy (non-hydrogen) atoms. The molecule has 0 amide bonds. The first-order valence-electron chi connectivity index (χ1n) is 7.47. The van der Waals surface area contributed by atoms with Crippen molar-refractivity contribution in [2.45, 2.75) is 13.0 Å². The fourth-order valence-corrected chi connectivity index (χ4v) is 2.57. The Balaban J connectivity index is 1.75. The Labute approximate surface area is 137 Å². The highest BCUT2D eigenvalue weighted by Crippen LogP contribution is 2.26. The molecule has 0 aliphatic carbocycles. The molecule has 1 unspecified atom stereocenters. The van der Waals surface area contributed by atoms with Gasteiger partial charge < -0.3 is 9.72 Å². The highest BCUT2D eigenvalue weighted by atomic mass is 19.1. The van der Waals surface area contributed by atoms with E-state index >= 15 is 0 Å². The average molecular weight is 323 g/mol. The first-order valence-corrected chi connectivity index (χ1v) is 7.47. The Morgan fingerprint density at radius 1 is 1.17 bits per heavy atom. The molecule has 0 spiro atoms. The number of rotatable bonds is 4. The van der Waals surface area contributed by atoms with Gasteiger partial charge in [-0.25, -0.2) is 13.8 Å². The van der Waals surface area contributed by atoms with Gasteiger partial charge in [0, 0.05) is 0 Å². The molecule has 6 nitrogen and oxygen atoms in total. The Kier molecular flexibility index (Phi) is 3.45. The van der Waals surface area contributed by atoms with Crippen LogP contribution in [0.5, 0.6) is 5.88 Å². The van der Waals surface area contributed by atoms with Crippen LogP contribution in [-0.2, 0) is 0 Å². The zero-order chi connectivity index (χ0) is 16.5. The number of ether oxygens (including phenoxy) is 1. The van der Waals surface area contributed by atoms with Crippen LogP contribution in [0.25, 0.3) is 17.2 Å². The van der Waals surface area contributed by atoms with Crippen LogP contribution in [0.15, 0.2) is 55.0 Å². The quantitative estimate of drug-likeness (QED) is 0.625. The fourth-order valence-electron chi connectivity index (χ4n) is 2.57. The van der Waals surface area contributed by atoms with Gasteiger partial charge in [-0.05, 0) is 36.8 Å². The fraction of sp³-hybridized carbons (Fsp3) is 0.118. The molecule has 0 fully saturated rings. The topological polar surface area (TPSA) is 68.1 Å². The molecule has 0 aliphatic heterocycles. The van der Waals surface area contributed by atoms with Gasteiger partial charge in [0.25, 0.3) is 0 Å². The van der Waals surface area contributed by atoms with Crippen molar-refractivity contribution in [1.29, 1.82) is 0 Å². The lowest BCUT2D eigenvalue weighted by molar-refractivity contribution is 0.214. The summed E-state index contributed by atoms with van der Waals surface area (Å²) in [5.41, 5.74) is 2.14. The summed E-state index contributed by atoms with van der Waals surface area (Å²) < 4.78 is 21.3. The second kappa shape index (κ2) is 5.77. The van der Waals surface area contributed by atoms with Crippen molar-refractivity contribution < 1.29 is 9.13 Å².